The maximum absolute atomic E-state index is 12.1. The largest absolute Gasteiger partial charge is 0.373 e. The fourth-order valence-corrected chi connectivity index (χ4v) is 3.81. The topological polar surface area (TPSA) is 79.8 Å². The second-order valence-corrected chi connectivity index (χ2v) is 9.91. The SMILES string of the molecule is CCNC(=NCCS(=O)(=O)C(C)(C)C)NC1CC2CCC1O2. The molecule has 0 aromatic carbocycles. The molecule has 0 aliphatic carbocycles. The quantitative estimate of drug-likeness (QED) is 0.582. The van der Waals surface area contributed by atoms with Crippen molar-refractivity contribution in [3.63, 3.8) is 0 Å². The van der Waals surface area contributed by atoms with E-state index in [1.807, 2.05) is 6.92 Å². The second kappa shape index (κ2) is 6.74. The van der Waals surface area contributed by atoms with Gasteiger partial charge in [0.25, 0.3) is 0 Å². The van der Waals surface area contributed by atoms with E-state index >= 15 is 0 Å². The van der Waals surface area contributed by atoms with Crippen molar-refractivity contribution < 1.29 is 13.2 Å². The molecule has 0 saturated carbocycles. The number of ether oxygens (including phenoxy) is 1. The smallest absolute Gasteiger partial charge is 0.191 e. The van der Waals surface area contributed by atoms with Gasteiger partial charge in [-0.15, -0.1) is 0 Å². The second-order valence-electron chi connectivity index (χ2n) is 7.05. The lowest BCUT2D eigenvalue weighted by atomic mass is 9.96. The third-order valence-corrected chi connectivity index (χ3v) is 6.92. The Morgan fingerprint density at radius 1 is 1.32 bits per heavy atom. The predicted octanol–water partition coefficient (Wildman–Crippen LogP) is 1.07. The standard InChI is InChI=1S/C15H29N3O3S/c1-5-16-14(17-8-9-22(19,20)15(2,3)4)18-12-10-11-6-7-13(12)21-11/h11-13H,5-10H2,1-4H3,(H2,16,17,18). The summed E-state index contributed by atoms with van der Waals surface area (Å²) >= 11 is 0. The van der Waals surface area contributed by atoms with Crippen molar-refractivity contribution in [1.29, 1.82) is 0 Å². The van der Waals surface area contributed by atoms with Gasteiger partial charge in [0.2, 0.25) is 0 Å². The predicted molar refractivity (Wildman–Crippen MR) is 89.0 cm³/mol. The van der Waals surface area contributed by atoms with E-state index in [9.17, 15) is 8.42 Å². The molecule has 2 fully saturated rings. The van der Waals surface area contributed by atoms with E-state index in [0.717, 1.165) is 25.8 Å². The molecule has 2 bridgehead atoms. The van der Waals surface area contributed by atoms with Crippen LogP contribution in [0.2, 0.25) is 0 Å². The van der Waals surface area contributed by atoms with E-state index in [1.54, 1.807) is 20.8 Å². The van der Waals surface area contributed by atoms with Gasteiger partial charge in [0.1, 0.15) is 0 Å². The number of nitrogens with zero attached hydrogens (tertiary/aromatic N) is 1. The first-order valence-corrected chi connectivity index (χ1v) is 9.81. The zero-order valence-electron chi connectivity index (χ0n) is 14.1. The summed E-state index contributed by atoms with van der Waals surface area (Å²) in [5.41, 5.74) is 0. The van der Waals surface area contributed by atoms with Gasteiger partial charge in [0.15, 0.2) is 15.8 Å². The molecular formula is C15H29N3O3S. The summed E-state index contributed by atoms with van der Waals surface area (Å²) in [6.07, 6.45) is 3.91. The van der Waals surface area contributed by atoms with Crippen LogP contribution >= 0.6 is 0 Å². The minimum atomic E-state index is -3.13. The summed E-state index contributed by atoms with van der Waals surface area (Å²) < 4.78 is 29.3. The molecule has 2 rings (SSSR count). The van der Waals surface area contributed by atoms with Crippen molar-refractivity contribution in [2.24, 2.45) is 4.99 Å². The van der Waals surface area contributed by atoms with Crippen LogP contribution in [0.1, 0.15) is 47.0 Å². The molecule has 0 spiro atoms. The first kappa shape index (κ1) is 17.5. The molecule has 0 aromatic rings. The zero-order valence-corrected chi connectivity index (χ0v) is 14.9. The van der Waals surface area contributed by atoms with Crippen LogP contribution in [0.15, 0.2) is 4.99 Å². The lowest BCUT2D eigenvalue weighted by Crippen LogP contribution is -2.47. The molecule has 3 atom stereocenters. The summed E-state index contributed by atoms with van der Waals surface area (Å²) in [5, 5.41) is 6.57. The number of aliphatic imine (C=N–C) groups is 1. The molecule has 22 heavy (non-hydrogen) atoms. The lowest BCUT2D eigenvalue weighted by molar-refractivity contribution is 0.0992. The summed E-state index contributed by atoms with van der Waals surface area (Å²) in [7, 11) is -3.13. The molecule has 2 aliphatic heterocycles. The number of hydrogen-bond donors (Lipinski definition) is 2. The van der Waals surface area contributed by atoms with E-state index in [1.165, 1.54) is 0 Å². The fraction of sp³-hybridized carbons (Fsp3) is 0.933. The molecule has 2 aliphatic rings. The highest BCUT2D eigenvalue weighted by Crippen LogP contribution is 2.34. The highest BCUT2D eigenvalue weighted by Gasteiger charge is 2.41. The van der Waals surface area contributed by atoms with E-state index in [4.69, 9.17) is 4.74 Å². The minimum absolute atomic E-state index is 0.0697. The van der Waals surface area contributed by atoms with Crippen LogP contribution in [0, 0.1) is 0 Å². The Morgan fingerprint density at radius 3 is 2.55 bits per heavy atom. The highest BCUT2D eigenvalue weighted by molar-refractivity contribution is 7.92. The van der Waals surface area contributed by atoms with Crippen LogP contribution in [0.3, 0.4) is 0 Å². The van der Waals surface area contributed by atoms with Crippen molar-refractivity contribution in [3.8, 4) is 0 Å². The molecule has 2 saturated heterocycles. The zero-order chi connectivity index (χ0) is 16.4. The number of hydrogen-bond acceptors (Lipinski definition) is 4. The van der Waals surface area contributed by atoms with Crippen molar-refractivity contribution >= 4 is 15.8 Å². The maximum atomic E-state index is 12.1. The van der Waals surface area contributed by atoms with Gasteiger partial charge in [-0.3, -0.25) is 4.99 Å². The third-order valence-electron chi connectivity index (χ3n) is 4.34. The van der Waals surface area contributed by atoms with E-state index in [0.29, 0.717) is 12.1 Å². The first-order chi connectivity index (χ1) is 10.2. The van der Waals surface area contributed by atoms with Crippen molar-refractivity contribution in [2.45, 2.75) is 70.0 Å². The van der Waals surface area contributed by atoms with Crippen molar-refractivity contribution in [2.75, 3.05) is 18.8 Å². The van der Waals surface area contributed by atoms with Gasteiger partial charge < -0.3 is 15.4 Å². The van der Waals surface area contributed by atoms with Gasteiger partial charge >= 0.3 is 0 Å². The molecule has 3 unspecified atom stereocenters. The Hall–Kier alpha value is -0.820. The minimum Gasteiger partial charge on any atom is -0.373 e. The number of guanidine groups is 1. The van der Waals surface area contributed by atoms with Gasteiger partial charge in [0, 0.05) is 6.54 Å². The van der Waals surface area contributed by atoms with Gasteiger partial charge in [-0.2, -0.15) is 0 Å². The number of sulfone groups is 1. The molecule has 0 amide bonds. The average molecular weight is 331 g/mol. The lowest BCUT2D eigenvalue weighted by Gasteiger charge is -2.23. The van der Waals surface area contributed by atoms with E-state index < -0.39 is 14.6 Å². The normalized spacial score (nSPS) is 28.9. The van der Waals surface area contributed by atoms with Gasteiger partial charge in [-0.25, -0.2) is 8.42 Å². The molecule has 0 aromatic heterocycles. The van der Waals surface area contributed by atoms with E-state index in [-0.39, 0.29) is 24.4 Å². The summed E-state index contributed by atoms with van der Waals surface area (Å²) in [6.45, 7) is 8.20. The molecule has 6 nitrogen and oxygen atoms in total. The fourth-order valence-electron chi connectivity index (χ4n) is 2.87. The van der Waals surface area contributed by atoms with Gasteiger partial charge in [-0.1, -0.05) is 0 Å². The van der Waals surface area contributed by atoms with Crippen LogP contribution in [0.5, 0.6) is 0 Å². The Balaban J connectivity index is 1.90. The number of nitrogens with one attached hydrogen (secondary N) is 2. The van der Waals surface area contributed by atoms with Crippen LogP contribution in [0.4, 0.5) is 0 Å². The van der Waals surface area contributed by atoms with Gasteiger partial charge in [-0.05, 0) is 47.0 Å². The summed E-state index contributed by atoms with van der Waals surface area (Å²) in [5.74, 6) is 0.757. The average Bonchev–Trinajstić information content (AvgIpc) is 2.99. The van der Waals surface area contributed by atoms with Crippen LogP contribution < -0.4 is 10.6 Å². The van der Waals surface area contributed by atoms with Crippen LogP contribution in [0.25, 0.3) is 0 Å². The summed E-state index contributed by atoms with van der Waals surface area (Å²) in [6, 6.07) is 0.288. The number of fused-ring (bicyclic) bond motifs is 2. The Morgan fingerprint density at radius 2 is 2.05 bits per heavy atom. The van der Waals surface area contributed by atoms with Crippen LogP contribution in [-0.4, -0.2) is 56.2 Å². The molecule has 128 valence electrons. The number of rotatable bonds is 5. The Labute approximate surface area is 134 Å². The van der Waals surface area contributed by atoms with Crippen molar-refractivity contribution in [3.05, 3.63) is 0 Å². The molecule has 2 N–H and O–H groups in total. The van der Waals surface area contributed by atoms with Gasteiger partial charge in [0.05, 0.1) is 35.3 Å². The molecule has 2 heterocycles. The monoisotopic (exact) mass is 331 g/mol. The molecule has 0 radical (unpaired) electrons. The van der Waals surface area contributed by atoms with Crippen molar-refractivity contribution in [1.82, 2.24) is 10.6 Å². The summed E-state index contributed by atoms with van der Waals surface area (Å²) in [4.78, 5) is 4.42. The Bertz CT molecular complexity index is 511. The van der Waals surface area contributed by atoms with E-state index in [2.05, 4.69) is 15.6 Å². The Kier molecular flexibility index (Phi) is 5.37. The first-order valence-electron chi connectivity index (χ1n) is 8.15. The highest BCUT2D eigenvalue weighted by atomic mass is 32.2. The molecular weight excluding hydrogens is 302 g/mol. The third kappa shape index (κ3) is 4.13. The maximum Gasteiger partial charge on any atom is 0.191 e. The van der Waals surface area contributed by atoms with Crippen LogP contribution in [-0.2, 0) is 14.6 Å². The molecule has 7 heteroatoms.